The number of nitrogens with zero attached hydrogens (tertiary/aromatic N) is 3. The Morgan fingerprint density at radius 3 is 2.71 bits per heavy atom. The minimum atomic E-state index is 0.976. The molecule has 1 heterocycles. The lowest BCUT2D eigenvalue weighted by molar-refractivity contribution is 0.833. The van der Waals surface area contributed by atoms with Gasteiger partial charge in [-0.25, -0.2) is 0 Å². The Hall–Kier alpha value is -1.03. The molecule has 1 aromatic rings. The fourth-order valence-electron chi connectivity index (χ4n) is 1.47. The third-order valence-electron chi connectivity index (χ3n) is 2.48. The molecule has 0 spiro atoms. The summed E-state index contributed by atoms with van der Waals surface area (Å²) in [5.74, 6) is 0. The third-order valence-corrected chi connectivity index (χ3v) is 3.10. The maximum Gasteiger partial charge on any atom is 0.121 e. The molecule has 0 fully saturated rings. The summed E-state index contributed by atoms with van der Waals surface area (Å²) in [5, 5.41) is 0. The first-order chi connectivity index (χ1) is 8.29. The predicted molar refractivity (Wildman–Crippen MR) is 74.8 cm³/mol. The van der Waals surface area contributed by atoms with Crippen molar-refractivity contribution in [3.63, 3.8) is 0 Å². The van der Waals surface area contributed by atoms with Crippen LogP contribution < -0.4 is 0 Å². The van der Waals surface area contributed by atoms with Crippen molar-refractivity contribution in [3.8, 4) is 0 Å². The number of unbranched alkanes of at least 4 members (excludes halogenated alkanes) is 2. The predicted octanol–water partition coefficient (Wildman–Crippen LogP) is 4.14. The second kappa shape index (κ2) is 8.12. The van der Waals surface area contributed by atoms with Crippen LogP contribution in [0, 0.1) is 6.92 Å². The van der Waals surface area contributed by atoms with Gasteiger partial charge in [0.1, 0.15) is 5.69 Å². The van der Waals surface area contributed by atoms with E-state index in [-0.39, 0.29) is 0 Å². The van der Waals surface area contributed by atoms with E-state index in [1.165, 1.54) is 18.1 Å². The summed E-state index contributed by atoms with van der Waals surface area (Å²) in [5.41, 5.74) is 3.05. The van der Waals surface area contributed by atoms with Crippen molar-refractivity contribution in [1.29, 1.82) is 0 Å². The molecule has 0 aliphatic heterocycles. The van der Waals surface area contributed by atoms with Gasteiger partial charge < -0.3 is 0 Å². The van der Waals surface area contributed by atoms with Crippen LogP contribution in [0.3, 0.4) is 0 Å². The third kappa shape index (κ3) is 4.77. The molecule has 3 nitrogen and oxygen atoms in total. The average molecular weight is 251 g/mol. The van der Waals surface area contributed by atoms with Crippen LogP contribution >= 0.6 is 11.7 Å². The van der Waals surface area contributed by atoms with E-state index < -0.39 is 0 Å². The van der Waals surface area contributed by atoms with E-state index in [0.29, 0.717) is 0 Å². The quantitative estimate of drug-likeness (QED) is 0.683. The molecule has 0 atom stereocenters. The van der Waals surface area contributed by atoms with Crippen LogP contribution in [0.2, 0.25) is 0 Å². The van der Waals surface area contributed by atoms with Crippen LogP contribution in [0.15, 0.2) is 17.3 Å². The zero-order valence-electron chi connectivity index (χ0n) is 10.9. The van der Waals surface area contributed by atoms with Gasteiger partial charge in [-0.2, -0.15) is 8.75 Å². The summed E-state index contributed by atoms with van der Waals surface area (Å²) in [6.45, 7) is 6.35. The number of hydrogen-bond donors (Lipinski definition) is 0. The van der Waals surface area contributed by atoms with Crippen molar-refractivity contribution < 1.29 is 0 Å². The normalized spacial score (nSPS) is 12.5. The molecule has 1 rings (SSSR count). The van der Waals surface area contributed by atoms with Crippen LogP contribution in [0.25, 0.3) is 0 Å². The summed E-state index contributed by atoms with van der Waals surface area (Å²) in [4.78, 5) is 4.54. The van der Waals surface area contributed by atoms with Crippen LogP contribution in [0.4, 0.5) is 0 Å². The Morgan fingerprint density at radius 2 is 2.12 bits per heavy atom. The second-order valence-electron chi connectivity index (χ2n) is 4.05. The molecule has 0 aliphatic carbocycles. The molecule has 4 heteroatoms. The molecule has 0 saturated heterocycles. The van der Waals surface area contributed by atoms with E-state index in [9.17, 15) is 0 Å². The number of aryl methyl sites for hydroxylation is 1. The summed E-state index contributed by atoms with van der Waals surface area (Å²) in [6, 6.07) is 0. The molecular weight excluding hydrogens is 230 g/mol. The molecule has 0 aromatic carbocycles. The smallest absolute Gasteiger partial charge is 0.121 e. The fraction of sp³-hybridized carbons (Fsp3) is 0.615. The van der Waals surface area contributed by atoms with Gasteiger partial charge in [0, 0.05) is 6.20 Å². The Kier molecular flexibility index (Phi) is 6.70. The van der Waals surface area contributed by atoms with E-state index >= 15 is 0 Å². The fourth-order valence-corrected chi connectivity index (χ4v) is 2.03. The Bertz CT molecular complexity index is 380. The van der Waals surface area contributed by atoms with E-state index in [2.05, 4.69) is 33.7 Å². The van der Waals surface area contributed by atoms with E-state index in [4.69, 9.17) is 0 Å². The number of aliphatic imine (C=N–C) groups is 1. The average Bonchev–Trinajstić information content (AvgIpc) is 2.75. The van der Waals surface area contributed by atoms with Gasteiger partial charge in [-0.3, -0.25) is 4.99 Å². The minimum absolute atomic E-state index is 0.976. The van der Waals surface area contributed by atoms with Gasteiger partial charge in [-0.1, -0.05) is 32.8 Å². The zero-order chi connectivity index (χ0) is 12.5. The molecule has 0 amide bonds. The standard InChI is InChI=1S/C13H21N3S/c1-4-6-8-10-14-12(9-7-5-2)13-11(3)15-17-16-13/h8,10H,4-7,9H2,1-3H3/b10-8+,14-12-. The van der Waals surface area contributed by atoms with Crippen molar-refractivity contribution in [2.45, 2.75) is 52.9 Å². The summed E-state index contributed by atoms with van der Waals surface area (Å²) in [7, 11) is 0. The highest BCUT2D eigenvalue weighted by atomic mass is 32.1. The number of allylic oxidation sites excluding steroid dienone is 1. The Balaban J connectivity index is 2.77. The lowest BCUT2D eigenvalue weighted by Crippen LogP contribution is -2.03. The van der Waals surface area contributed by atoms with E-state index in [0.717, 1.165) is 42.8 Å². The molecular formula is C13H21N3S. The highest BCUT2D eigenvalue weighted by Gasteiger charge is 2.10. The van der Waals surface area contributed by atoms with Gasteiger partial charge in [-0.05, 0) is 26.2 Å². The van der Waals surface area contributed by atoms with Gasteiger partial charge >= 0.3 is 0 Å². The minimum Gasteiger partial charge on any atom is -0.259 e. The highest BCUT2D eigenvalue weighted by Crippen LogP contribution is 2.11. The monoisotopic (exact) mass is 251 g/mol. The number of aromatic nitrogens is 2. The van der Waals surface area contributed by atoms with Crippen molar-refractivity contribution in [1.82, 2.24) is 8.75 Å². The summed E-state index contributed by atoms with van der Waals surface area (Å²) < 4.78 is 8.55. The molecule has 94 valence electrons. The van der Waals surface area contributed by atoms with Crippen molar-refractivity contribution in [2.24, 2.45) is 4.99 Å². The summed E-state index contributed by atoms with van der Waals surface area (Å²) >= 11 is 1.27. The van der Waals surface area contributed by atoms with Crippen LogP contribution in [0.1, 0.15) is 57.3 Å². The molecule has 0 radical (unpaired) electrons. The molecule has 0 aliphatic rings. The van der Waals surface area contributed by atoms with Crippen LogP contribution in [-0.4, -0.2) is 14.5 Å². The largest absolute Gasteiger partial charge is 0.259 e. The molecule has 1 aromatic heterocycles. The van der Waals surface area contributed by atoms with Crippen molar-refractivity contribution in [3.05, 3.63) is 23.7 Å². The van der Waals surface area contributed by atoms with Gasteiger partial charge in [0.25, 0.3) is 0 Å². The molecule has 0 unspecified atom stereocenters. The first kappa shape index (κ1) is 14.0. The van der Waals surface area contributed by atoms with Gasteiger partial charge in [0.2, 0.25) is 0 Å². The maximum absolute atomic E-state index is 4.54. The first-order valence-electron chi connectivity index (χ1n) is 6.30. The number of rotatable bonds is 7. The topological polar surface area (TPSA) is 38.1 Å². The molecule has 17 heavy (non-hydrogen) atoms. The Morgan fingerprint density at radius 1 is 1.29 bits per heavy atom. The molecule has 0 saturated carbocycles. The molecule has 0 bridgehead atoms. The Labute approximate surface area is 108 Å². The second-order valence-corrected chi connectivity index (χ2v) is 4.58. The highest BCUT2D eigenvalue weighted by molar-refractivity contribution is 6.99. The van der Waals surface area contributed by atoms with Gasteiger partial charge in [0.05, 0.1) is 23.1 Å². The van der Waals surface area contributed by atoms with Crippen molar-refractivity contribution >= 4 is 17.4 Å². The van der Waals surface area contributed by atoms with Crippen LogP contribution in [0.5, 0.6) is 0 Å². The summed E-state index contributed by atoms with van der Waals surface area (Å²) in [6.07, 6.45) is 9.58. The SMILES string of the molecule is CCC/C=C/N=C(/CCCC)c1nsnc1C. The lowest BCUT2D eigenvalue weighted by atomic mass is 10.1. The van der Waals surface area contributed by atoms with E-state index in [1.54, 1.807) is 0 Å². The lowest BCUT2D eigenvalue weighted by Gasteiger charge is -2.01. The maximum atomic E-state index is 4.54. The van der Waals surface area contributed by atoms with Crippen molar-refractivity contribution in [2.75, 3.05) is 0 Å². The number of hydrogen-bond acceptors (Lipinski definition) is 4. The van der Waals surface area contributed by atoms with Crippen LogP contribution in [-0.2, 0) is 0 Å². The van der Waals surface area contributed by atoms with E-state index in [1.807, 2.05) is 13.1 Å². The molecule has 0 N–H and O–H groups in total. The zero-order valence-corrected chi connectivity index (χ0v) is 11.8. The van der Waals surface area contributed by atoms with Gasteiger partial charge in [-0.15, -0.1) is 0 Å². The first-order valence-corrected chi connectivity index (χ1v) is 7.03. The van der Waals surface area contributed by atoms with Gasteiger partial charge in [0.15, 0.2) is 0 Å².